The van der Waals surface area contributed by atoms with Crippen LogP contribution in [0.4, 0.5) is 0 Å². The first-order valence-electron chi connectivity index (χ1n) is 5.41. The number of carbonyl (C=O) groups excluding carboxylic acids is 2. The van der Waals surface area contributed by atoms with Crippen molar-refractivity contribution in [3.05, 3.63) is 0 Å². The minimum atomic E-state index is -0.400. The van der Waals surface area contributed by atoms with Crippen molar-refractivity contribution in [2.45, 2.75) is 12.5 Å². The quantitative estimate of drug-likeness (QED) is 0.620. The fourth-order valence-electron chi connectivity index (χ4n) is 1.74. The summed E-state index contributed by atoms with van der Waals surface area (Å²) in [7, 11) is 3.13. The van der Waals surface area contributed by atoms with Crippen molar-refractivity contribution in [2.75, 3.05) is 40.4 Å². The maximum absolute atomic E-state index is 11.8. The summed E-state index contributed by atoms with van der Waals surface area (Å²) < 4.78 is 4.86. The van der Waals surface area contributed by atoms with E-state index in [9.17, 15) is 9.59 Å². The fourth-order valence-corrected chi connectivity index (χ4v) is 1.74. The standard InChI is InChI=1S/C10H19N3O3/c1-11-10(15)8-7-12-4-5-13(8)9(14)3-6-16-2/h8,12H,3-7H2,1-2H3,(H,11,15)/t8-/m1/s1. The number of nitrogens with one attached hydrogen (secondary N) is 2. The highest BCUT2D eigenvalue weighted by Crippen LogP contribution is 2.06. The highest BCUT2D eigenvalue weighted by Gasteiger charge is 2.30. The van der Waals surface area contributed by atoms with E-state index in [1.165, 1.54) is 0 Å². The molecule has 0 radical (unpaired) electrons. The number of rotatable bonds is 4. The van der Waals surface area contributed by atoms with Crippen LogP contribution in [0.25, 0.3) is 0 Å². The number of carbonyl (C=O) groups is 2. The van der Waals surface area contributed by atoms with Gasteiger partial charge >= 0.3 is 0 Å². The summed E-state index contributed by atoms with van der Waals surface area (Å²) in [4.78, 5) is 25.0. The van der Waals surface area contributed by atoms with Crippen LogP contribution in [0.3, 0.4) is 0 Å². The van der Waals surface area contributed by atoms with Crippen LogP contribution in [0.15, 0.2) is 0 Å². The lowest BCUT2D eigenvalue weighted by Gasteiger charge is -2.34. The van der Waals surface area contributed by atoms with Crippen LogP contribution in [-0.4, -0.2) is 63.2 Å². The molecule has 0 aromatic rings. The number of hydrogen-bond donors (Lipinski definition) is 2. The molecule has 1 aliphatic heterocycles. The summed E-state index contributed by atoms with van der Waals surface area (Å²) in [5.41, 5.74) is 0. The first-order chi connectivity index (χ1) is 7.70. The smallest absolute Gasteiger partial charge is 0.243 e. The van der Waals surface area contributed by atoms with E-state index >= 15 is 0 Å². The van der Waals surface area contributed by atoms with E-state index in [4.69, 9.17) is 4.74 Å². The molecule has 1 aliphatic rings. The van der Waals surface area contributed by atoms with Crippen molar-refractivity contribution in [1.82, 2.24) is 15.5 Å². The highest BCUT2D eigenvalue weighted by molar-refractivity contribution is 5.88. The molecular formula is C10H19N3O3. The van der Waals surface area contributed by atoms with Gasteiger partial charge in [-0.3, -0.25) is 9.59 Å². The SMILES string of the molecule is CNC(=O)[C@H]1CNCCN1C(=O)CCOC. The van der Waals surface area contributed by atoms with Crippen LogP contribution in [0, 0.1) is 0 Å². The minimum Gasteiger partial charge on any atom is -0.384 e. The lowest BCUT2D eigenvalue weighted by Crippen LogP contribution is -2.59. The first kappa shape index (κ1) is 12.9. The Kier molecular flexibility index (Phi) is 5.21. The average molecular weight is 229 g/mol. The third-order valence-electron chi connectivity index (χ3n) is 2.63. The largest absolute Gasteiger partial charge is 0.384 e. The second kappa shape index (κ2) is 6.44. The van der Waals surface area contributed by atoms with Gasteiger partial charge in [-0.05, 0) is 0 Å². The van der Waals surface area contributed by atoms with E-state index in [1.54, 1.807) is 19.1 Å². The number of ether oxygens (including phenoxy) is 1. The number of hydrogen-bond acceptors (Lipinski definition) is 4. The molecule has 6 heteroatoms. The monoisotopic (exact) mass is 229 g/mol. The zero-order chi connectivity index (χ0) is 12.0. The van der Waals surface area contributed by atoms with Gasteiger partial charge in [0.1, 0.15) is 6.04 Å². The Labute approximate surface area is 95.3 Å². The molecule has 1 saturated heterocycles. The van der Waals surface area contributed by atoms with Crippen LogP contribution < -0.4 is 10.6 Å². The van der Waals surface area contributed by atoms with Gasteiger partial charge in [-0.25, -0.2) is 0 Å². The molecule has 0 aromatic carbocycles. The van der Waals surface area contributed by atoms with Crippen LogP contribution in [0.5, 0.6) is 0 Å². The van der Waals surface area contributed by atoms with Crippen LogP contribution in [-0.2, 0) is 14.3 Å². The minimum absolute atomic E-state index is 0.0306. The summed E-state index contributed by atoms with van der Waals surface area (Å²) in [6, 6.07) is -0.400. The summed E-state index contributed by atoms with van der Waals surface area (Å²) in [5.74, 6) is -0.157. The second-order valence-electron chi connectivity index (χ2n) is 3.66. The Hall–Kier alpha value is -1.14. The maximum Gasteiger partial charge on any atom is 0.243 e. The maximum atomic E-state index is 11.8. The van der Waals surface area contributed by atoms with Crippen molar-refractivity contribution in [3.8, 4) is 0 Å². The van der Waals surface area contributed by atoms with Gasteiger partial charge in [0.05, 0.1) is 13.0 Å². The van der Waals surface area contributed by atoms with Crippen LogP contribution in [0.2, 0.25) is 0 Å². The summed E-state index contributed by atoms with van der Waals surface area (Å²) in [6.07, 6.45) is 0.323. The van der Waals surface area contributed by atoms with Gasteiger partial charge in [0.2, 0.25) is 11.8 Å². The Bertz CT molecular complexity index is 258. The average Bonchev–Trinajstić information content (AvgIpc) is 2.35. The fraction of sp³-hybridized carbons (Fsp3) is 0.800. The molecule has 6 nitrogen and oxygen atoms in total. The Balaban J connectivity index is 2.59. The van der Waals surface area contributed by atoms with Crippen molar-refractivity contribution in [3.63, 3.8) is 0 Å². The second-order valence-corrected chi connectivity index (χ2v) is 3.66. The van der Waals surface area contributed by atoms with E-state index in [0.29, 0.717) is 26.1 Å². The molecule has 0 spiro atoms. The van der Waals surface area contributed by atoms with Crippen LogP contribution >= 0.6 is 0 Å². The summed E-state index contributed by atoms with van der Waals surface area (Å²) in [6.45, 7) is 2.20. The van der Waals surface area contributed by atoms with E-state index in [0.717, 1.165) is 6.54 Å². The van der Waals surface area contributed by atoms with E-state index in [2.05, 4.69) is 10.6 Å². The van der Waals surface area contributed by atoms with Gasteiger partial charge in [-0.1, -0.05) is 0 Å². The number of methoxy groups -OCH3 is 1. The Morgan fingerprint density at radius 3 is 2.94 bits per heavy atom. The zero-order valence-electron chi connectivity index (χ0n) is 9.78. The van der Waals surface area contributed by atoms with Crippen LogP contribution in [0.1, 0.15) is 6.42 Å². The van der Waals surface area contributed by atoms with Gasteiger partial charge in [0, 0.05) is 33.8 Å². The van der Waals surface area contributed by atoms with Gasteiger partial charge in [0.25, 0.3) is 0 Å². The van der Waals surface area contributed by atoms with Crippen molar-refractivity contribution >= 4 is 11.8 Å². The predicted molar refractivity (Wildman–Crippen MR) is 58.9 cm³/mol. The molecule has 92 valence electrons. The number of amides is 2. The number of piperazine rings is 1. The molecule has 0 aromatic heterocycles. The topological polar surface area (TPSA) is 70.7 Å². The van der Waals surface area contributed by atoms with E-state index in [-0.39, 0.29) is 11.8 Å². The normalized spacial score (nSPS) is 20.6. The molecule has 16 heavy (non-hydrogen) atoms. The third-order valence-corrected chi connectivity index (χ3v) is 2.63. The third kappa shape index (κ3) is 3.18. The van der Waals surface area contributed by atoms with Gasteiger partial charge < -0.3 is 20.3 Å². The molecule has 1 atom stereocenters. The highest BCUT2D eigenvalue weighted by atomic mass is 16.5. The van der Waals surface area contributed by atoms with Gasteiger partial charge in [-0.15, -0.1) is 0 Å². The molecule has 0 bridgehead atoms. The Morgan fingerprint density at radius 1 is 1.56 bits per heavy atom. The molecule has 0 aliphatic carbocycles. The summed E-state index contributed by atoms with van der Waals surface area (Å²) >= 11 is 0. The van der Waals surface area contributed by atoms with Crippen molar-refractivity contribution in [1.29, 1.82) is 0 Å². The lowest BCUT2D eigenvalue weighted by atomic mass is 10.1. The van der Waals surface area contributed by atoms with E-state index in [1.807, 2.05) is 0 Å². The molecule has 2 N–H and O–H groups in total. The number of nitrogens with zero attached hydrogens (tertiary/aromatic N) is 1. The zero-order valence-corrected chi connectivity index (χ0v) is 9.78. The van der Waals surface area contributed by atoms with Crippen molar-refractivity contribution < 1.29 is 14.3 Å². The molecule has 1 heterocycles. The van der Waals surface area contributed by atoms with E-state index < -0.39 is 6.04 Å². The lowest BCUT2D eigenvalue weighted by molar-refractivity contribution is -0.142. The predicted octanol–water partition coefficient (Wildman–Crippen LogP) is -1.43. The first-order valence-corrected chi connectivity index (χ1v) is 5.41. The Morgan fingerprint density at radius 2 is 2.31 bits per heavy atom. The van der Waals surface area contributed by atoms with Gasteiger partial charge in [0.15, 0.2) is 0 Å². The molecular weight excluding hydrogens is 210 g/mol. The molecule has 2 amide bonds. The molecule has 0 unspecified atom stereocenters. The molecule has 0 saturated carbocycles. The summed E-state index contributed by atoms with van der Waals surface area (Å²) in [5, 5.41) is 5.68. The molecule has 1 fully saturated rings. The number of likely N-dealkylation sites (N-methyl/N-ethyl adjacent to an activating group) is 1. The molecule has 1 rings (SSSR count). The van der Waals surface area contributed by atoms with Crippen molar-refractivity contribution in [2.24, 2.45) is 0 Å². The van der Waals surface area contributed by atoms with Gasteiger partial charge in [-0.2, -0.15) is 0 Å².